The Hall–Kier alpha value is -4.49. The van der Waals surface area contributed by atoms with Crippen molar-refractivity contribution < 1.29 is 43.1 Å². The summed E-state index contributed by atoms with van der Waals surface area (Å²) >= 11 is 0. The Morgan fingerprint density at radius 2 is 1.56 bits per heavy atom. The lowest BCUT2D eigenvalue weighted by molar-refractivity contribution is -0.197. The van der Waals surface area contributed by atoms with E-state index in [0.29, 0.717) is 16.3 Å². The normalized spacial score (nSPS) is 13.4. The first-order chi connectivity index (χ1) is 18.9. The fraction of sp³-hybridized carbons (Fsp3) is 0.519. The van der Waals surface area contributed by atoms with Gasteiger partial charge in [0.25, 0.3) is 11.8 Å². The number of guanidine groups is 1. The summed E-state index contributed by atoms with van der Waals surface area (Å²) in [7, 11) is 0. The third-order valence-corrected chi connectivity index (χ3v) is 5.04. The van der Waals surface area contributed by atoms with E-state index >= 15 is 0 Å². The molecule has 1 aromatic carbocycles. The second kappa shape index (κ2) is 13.7. The van der Waals surface area contributed by atoms with Crippen molar-refractivity contribution >= 4 is 47.5 Å². The van der Waals surface area contributed by atoms with Crippen LogP contribution in [0.5, 0.6) is 0 Å². The van der Waals surface area contributed by atoms with Crippen LogP contribution in [0.15, 0.2) is 24.3 Å². The molecule has 0 spiro atoms. The number of rotatable bonds is 8. The number of nitrogens with one attached hydrogen (secondary N) is 3. The Kier molecular flexibility index (Phi) is 11.0. The van der Waals surface area contributed by atoms with E-state index < -0.39 is 53.0 Å². The first kappa shape index (κ1) is 32.7. The van der Waals surface area contributed by atoms with Crippen molar-refractivity contribution in [3.05, 3.63) is 29.8 Å². The lowest BCUT2D eigenvalue weighted by atomic mass is 10.1. The Morgan fingerprint density at radius 1 is 0.951 bits per heavy atom. The second-order valence-corrected chi connectivity index (χ2v) is 11.2. The number of nitrogens with zero attached hydrogens (tertiary/aromatic N) is 2. The van der Waals surface area contributed by atoms with E-state index in [4.69, 9.17) is 19.7 Å². The smallest absolute Gasteiger partial charge is 0.417 e. The largest absolute Gasteiger partial charge is 0.444 e. The van der Waals surface area contributed by atoms with Gasteiger partial charge in [0.2, 0.25) is 11.9 Å². The zero-order chi connectivity index (χ0) is 31.0. The Balaban J connectivity index is 1.99. The molecule has 1 fully saturated rings. The van der Waals surface area contributed by atoms with Gasteiger partial charge in [0.1, 0.15) is 11.2 Å². The van der Waals surface area contributed by atoms with Gasteiger partial charge in [0, 0.05) is 31.4 Å². The quantitative estimate of drug-likeness (QED) is 0.237. The van der Waals surface area contributed by atoms with E-state index in [0.717, 1.165) is 4.90 Å². The summed E-state index contributed by atoms with van der Waals surface area (Å²) in [5, 5.41) is 13.7. The molecule has 1 aromatic rings. The van der Waals surface area contributed by atoms with Crippen molar-refractivity contribution in [2.24, 2.45) is 0 Å². The molecule has 1 saturated heterocycles. The van der Waals surface area contributed by atoms with Gasteiger partial charge in [-0.15, -0.1) is 5.06 Å². The number of carbonyl (C=O) groups is 6. The Labute approximate surface area is 238 Å². The highest BCUT2D eigenvalue weighted by molar-refractivity contribution is 6.01. The van der Waals surface area contributed by atoms with E-state index in [1.807, 2.05) is 0 Å². The van der Waals surface area contributed by atoms with Crippen LogP contribution < -0.4 is 10.6 Å². The van der Waals surface area contributed by atoms with E-state index in [1.165, 1.54) is 0 Å². The average molecular weight is 576 g/mol. The molecule has 14 heteroatoms. The number of alkyl carbamates (subject to hydrolysis) is 1. The number of anilines is 1. The van der Waals surface area contributed by atoms with Crippen LogP contribution in [0.1, 0.15) is 79.2 Å². The molecule has 0 saturated carbocycles. The third kappa shape index (κ3) is 11.6. The molecule has 0 atom stereocenters. The zero-order valence-corrected chi connectivity index (χ0v) is 24.1. The summed E-state index contributed by atoms with van der Waals surface area (Å²) in [5.41, 5.74) is -0.796. The van der Waals surface area contributed by atoms with E-state index in [-0.39, 0.29) is 38.6 Å². The standard InChI is InChI=1S/C27H37N5O9/c1-26(2,3)39-24(37)30-23(28)31(25(38)40-27(4,5)6)16-17-9-7-10-18(15-17)29-19(33)11-8-12-22(36)41-32-20(34)13-14-21(32)35/h7,9-10,15H,8,11-14,16H2,1-6H3,(H,29,33)(H2,28,30,37). The summed E-state index contributed by atoms with van der Waals surface area (Å²) in [5.74, 6) is -2.93. The number of hydrogen-bond donors (Lipinski definition) is 3. The van der Waals surface area contributed by atoms with E-state index in [9.17, 15) is 28.8 Å². The predicted octanol–water partition coefficient (Wildman–Crippen LogP) is 3.60. The lowest BCUT2D eigenvalue weighted by Gasteiger charge is -2.28. The van der Waals surface area contributed by atoms with Gasteiger partial charge in [-0.05, 0) is 65.7 Å². The van der Waals surface area contributed by atoms with Crippen molar-refractivity contribution in [3.8, 4) is 0 Å². The molecule has 0 radical (unpaired) electrons. The summed E-state index contributed by atoms with van der Waals surface area (Å²) in [4.78, 5) is 78.2. The van der Waals surface area contributed by atoms with Gasteiger partial charge in [-0.1, -0.05) is 12.1 Å². The van der Waals surface area contributed by atoms with E-state index in [1.54, 1.807) is 65.8 Å². The van der Waals surface area contributed by atoms with Crippen molar-refractivity contribution in [3.63, 3.8) is 0 Å². The first-order valence-electron chi connectivity index (χ1n) is 13.0. The molecule has 0 bridgehead atoms. The number of benzene rings is 1. The van der Waals surface area contributed by atoms with Crippen LogP contribution in [0.4, 0.5) is 15.3 Å². The fourth-order valence-corrected chi connectivity index (χ4v) is 3.37. The summed E-state index contributed by atoms with van der Waals surface area (Å²) in [6.07, 6.45) is -1.93. The zero-order valence-electron chi connectivity index (χ0n) is 24.1. The highest BCUT2D eigenvalue weighted by Crippen LogP contribution is 2.17. The molecule has 1 aliphatic heterocycles. The Morgan fingerprint density at radius 3 is 2.15 bits per heavy atom. The van der Waals surface area contributed by atoms with Gasteiger partial charge in [0.05, 0.1) is 6.54 Å². The van der Waals surface area contributed by atoms with Crippen LogP contribution in [0.3, 0.4) is 0 Å². The van der Waals surface area contributed by atoms with Crippen molar-refractivity contribution in [1.29, 1.82) is 5.41 Å². The number of imide groups is 1. The maximum absolute atomic E-state index is 12.9. The molecule has 224 valence electrons. The van der Waals surface area contributed by atoms with Crippen LogP contribution in [0, 0.1) is 5.41 Å². The molecule has 2 rings (SSSR count). The van der Waals surface area contributed by atoms with Gasteiger partial charge < -0.3 is 19.6 Å². The van der Waals surface area contributed by atoms with Gasteiger partial charge in [-0.25, -0.2) is 19.3 Å². The maximum Gasteiger partial charge on any atom is 0.417 e. The fourth-order valence-electron chi connectivity index (χ4n) is 3.37. The monoisotopic (exact) mass is 575 g/mol. The number of ether oxygens (including phenoxy) is 2. The minimum atomic E-state index is -0.917. The van der Waals surface area contributed by atoms with Crippen LogP contribution in [-0.2, 0) is 40.0 Å². The molecular formula is C27H37N5O9. The summed E-state index contributed by atoms with van der Waals surface area (Å²) in [6.45, 7) is 9.79. The second-order valence-electron chi connectivity index (χ2n) is 11.2. The van der Waals surface area contributed by atoms with Crippen LogP contribution in [0.2, 0.25) is 0 Å². The molecule has 0 aliphatic carbocycles. The molecular weight excluding hydrogens is 538 g/mol. The molecule has 3 N–H and O–H groups in total. The highest BCUT2D eigenvalue weighted by Gasteiger charge is 2.33. The highest BCUT2D eigenvalue weighted by atomic mass is 16.7. The van der Waals surface area contributed by atoms with Gasteiger partial charge in [-0.3, -0.25) is 25.1 Å². The van der Waals surface area contributed by atoms with Crippen molar-refractivity contribution in [2.75, 3.05) is 5.32 Å². The SMILES string of the molecule is CC(C)(C)OC(=O)NC(=N)N(Cc1cccc(NC(=O)CCCC(=O)ON2C(=O)CCC2=O)c1)C(=O)OC(C)(C)C. The van der Waals surface area contributed by atoms with Crippen molar-refractivity contribution in [1.82, 2.24) is 15.3 Å². The summed E-state index contributed by atoms with van der Waals surface area (Å²) < 4.78 is 10.6. The molecule has 0 aromatic heterocycles. The van der Waals surface area contributed by atoms with Gasteiger partial charge >= 0.3 is 18.2 Å². The molecule has 1 aliphatic rings. The number of carbonyl (C=O) groups excluding carboxylic acids is 6. The average Bonchev–Trinajstić information content (AvgIpc) is 3.12. The summed E-state index contributed by atoms with van der Waals surface area (Å²) in [6, 6.07) is 6.48. The Bertz CT molecular complexity index is 1180. The minimum Gasteiger partial charge on any atom is -0.444 e. The van der Waals surface area contributed by atoms with Crippen molar-refractivity contribution in [2.45, 2.75) is 91.4 Å². The first-order valence-corrected chi connectivity index (χ1v) is 13.0. The molecule has 14 nitrogen and oxygen atoms in total. The molecule has 41 heavy (non-hydrogen) atoms. The van der Waals surface area contributed by atoms with E-state index in [2.05, 4.69) is 10.6 Å². The van der Waals surface area contributed by atoms with Crippen LogP contribution >= 0.6 is 0 Å². The lowest BCUT2D eigenvalue weighted by Crippen LogP contribution is -2.49. The van der Waals surface area contributed by atoms with Crippen LogP contribution in [0.25, 0.3) is 0 Å². The molecule has 0 unspecified atom stereocenters. The van der Waals surface area contributed by atoms with Crippen LogP contribution in [-0.4, -0.2) is 63.0 Å². The van der Waals surface area contributed by atoms with Gasteiger partial charge in [-0.2, -0.15) is 0 Å². The topological polar surface area (TPSA) is 184 Å². The van der Waals surface area contributed by atoms with Gasteiger partial charge in [0.15, 0.2) is 0 Å². The molecule has 1 heterocycles. The minimum absolute atomic E-state index is 0.00942. The number of hydroxylamine groups is 2. The maximum atomic E-state index is 12.9. The number of amides is 5. The molecule has 5 amide bonds. The third-order valence-electron chi connectivity index (χ3n) is 5.04. The number of hydrogen-bond acceptors (Lipinski definition) is 10. The predicted molar refractivity (Wildman–Crippen MR) is 145 cm³/mol.